The SMILES string of the molecule is COCCNC(=O)c1ccc(NC(=O)COc2ccc([N+](=O)[O-])cc2)cc1. The molecule has 0 saturated carbocycles. The van der Waals surface area contributed by atoms with E-state index >= 15 is 0 Å². The van der Waals surface area contributed by atoms with Gasteiger partial charge in [0.25, 0.3) is 17.5 Å². The molecular formula is C18H19N3O6. The quantitative estimate of drug-likeness (QED) is 0.394. The molecule has 0 saturated heterocycles. The van der Waals surface area contributed by atoms with Crippen LogP contribution in [0.4, 0.5) is 11.4 Å². The number of carbonyl (C=O) groups excluding carboxylic acids is 2. The van der Waals surface area contributed by atoms with Crippen LogP contribution in [0.5, 0.6) is 5.75 Å². The van der Waals surface area contributed by atoms with Crippen molar-refractivity contribution in [1.82, 2.24) is 5.32 Å². The summed E-state index contributed by atoms with van der Waals surface area (Å²) in [6.45, 7) is 0.583. The van der Waals surface area contributed by atoms with E-state index in [1.165, 1.54) is 24.3 Å². The number of rotatable bonds is 9. The molecule has 0 unspecified atom stereocenters. The second-order valence-electron chi connectivity index (χ2n) is 5.41. The molecule has 0 spiro atoms. The molecule has 0 heterocycles. The average Bonchev–Trinajstić information content (AvgIpc) is 2.67. The first-order chi connectivity index (χ1) is 13.0. The average molecular weight is 373 g/mol. The van der Waals surface area contributed by atoms with E-state index in [2.05, 4.69) is 10.6 Å². The van der Waals surface area contributed by atoms with Crippen LogP contribution in [0.15, 0.2) is 48.5 Å². The Morgan fingerprint density at radius 2 is 1.74 bits per heavy atom. The van der Waals surface area contributed by atoms with Crippen LogP contribution in [0.25, 0.3) is 0 Å². The predicted molar refractivity (Wildman–Crippen MR) is 97.9 cm³/mol. The number of non-ortho nitro benzene ring substituents is 1. The fourth-order valence-electron chi connectivity index (χ4n) is 2.08. The Labute approximate surface area is 155 Å². The lowest BCUT2D eigenvalue weighted by Gasteiger charge is -2.08. The minimum absolute atomic E-state index is 0.0573. The van der Waals surface area contributed by atoms with Crippen molar-refractivity contribution in [2.45, 2.75) is 0 Å². The van der Waals surface area contributed by atoms with Gasteiger partial charge in [0.15, 0.2) is 6.61 Å². The minimum atomic E-state index is -0.516. The highest BCUT2D eigenvalue weighted by Crippen LogP contribution is 2.17. The Hall–Kier alpha value is -3.46. The smallest absolute Gasteiger partial charge is 0.269 e. The summed E-state index contributed by atoms with van der Waals surface area (Å²) >= 11 is 0. The molecule has 0 aliphatic heterocycles. The monoisotopic (exact) mass is 373 g/mol. The standard InChI is InChI=1S/C18H19N3O6/c1-26-11-10-19-18(23)13-2-4-14(5-3-13)20-17(22)12-27-16-8-6-15(7-9-16)21(24)25/h2-9H,10-12H2,1H3,(H,19,23)(H,20,22). The van der Waals surface area contributed by atoms with E-state index in [0.717, 1.165) is 0 Å². The maximum Gasteiger partial charge on any atom is 0.269 e. The first kappa shape index (κ1) is 19.9. The van der Waals surface area contributed by atoms with Crippen LogP contribution in [0.1, 0.15) is 10.4 Å². The molecule has 0 atom stereocenters. The van der Waals surface area contributed by atoms with Crippen molar-refractivity contribution in [2.75, 3.05) is 32.2 Å². The number of anilines is 1. The van der Waals surface area contributed by atoms with E-state index in [0.29, 0.717) is 30.2 Å². The summed E-state index contributed by atoms with van der Waals surface area (Å²) in [5.74, 6) is -0.282. The van der Waals surface area contributed by atoms with Gasteiger partial charge in [-0.05, 0) is 36.4 Å². The highest BCUT2D eigenvalue weighted by Gasteiger charge is 2.08. The molecule has 2 aromatic carbocycles. The molecule has 0 radical (unpaired) electrons. The number of ether oxygens (including phenoxy) is 2. The van der Waals surface area contributed by atoms with Gasteiger partial charge in [-0.3, -0.25) is 19.7 Å². The summed E-state index contributed by atoms with van der Waals surface area (Å²) in [7, 11) is 1.55. The topological polar surface area (TPSA) is 120 Å². The van der Waals surface area contributed by atoms with Crippen molar-refractivity contribution in [3.8, 4) is 5.75 Å². The Balaban J connectivity index is 1.81. The van der Waals surface area contributed by atoms with Gasteiger partial charge in [-0.1, -0.05) is 0 Å². The number of nitrogens with zero attached hydrogens (tertiary/aromatic N) is 1. The van der Waals surface area contributed by atoms with E-state index in [4.69, 9.17) is 9.47 Å². The fourth-order valence-corrected chi connectivity index (χ4v) is 2.08. The van der Waals surface area contributed by atoms with Crippen molar-refractivity contribution in [1.29, 1.82) is 0 Å². The first-order valence-corrected chi connectivity index (χ1v) is 8.04. The number of nitro benzene ring substituents is 1. The summed E-state index contributed by atoms with van der Waals surface area (Å²) in [5.41, 5.74) is 0.921. The molecule has 0 aliphatic carbocycles. The van der Waals surface area contributed by atoms with Gasteiger partial charge >= 0.3 is 0 Å². The third-order valence-corrected chi connectivity index (χ3v) is 3.44. The van der Waals surface area contributed by atoms with Crippen molar-refractivity contribution in [2.24, 2.45) is 0 Å². The summed E-state index contributed by atoms with van der Waals surface area (Å²) in [6.07, 6.45) is 0. The molecule has 0 aliphatic rings. The molecule has 2 aromatic rings. The largest absolute Gasteiger partial charge is 0.484 e. The fraction of sp³-hybridized carbons (Fsp3) is 0.222. The first-order valence-electron chi connectivity index (χ1n) is 8.04. The van der Waals surface area contributed by atoms with E-state index in [-0.39, 0.29) is 18.2 Å². The number of hydrogen-bond donors (Lipinski definition) is 2. The Morgan fingerprint density at radius 3 is 2.33 bits per heavy atom. The van der Waals surface area contributed by atoms with Crippen LogP contribution in [-0.2, 0) is 9.53 Å². The number of benzene rings is 2. The van der Waals surface area contributed by atoms with Crippen molar-refractivity contribution >= 4 is 23.2 Å². The van der Waals surface area contributed by atoms with Gasteiger partial charge in [-0.25, -0.2) is 0 Å². The highest BCUT2D eigenvalue weighted by molar-refractivity contribution is 5.96. The second kappa shape index (κ2) is 9.88. The number of nitro groups is 1. The zero-order valence-corrected chi connectivity index (χ0v) is 14.6. The van der Waals surface area contributed by atoms with Gasteiger partial charge in [0.05, 0.1) is 11.5 Å². The highest BCUT2D eigenvalue weighted by atomic mass is 16.6. The zero-order chi connectivity index (χ0) is 19.6. The molecule has 142 valence electrons. The number of nitrogens with one attached hydrogen (secondary N) is 2. The maximum atomic E-state index is 11.9. The third kappa shape index (κ3) is 6.40. The summed E-state index contributed by atoms with van der Waals surface area (Å²) in [5, 5.41) is 15.9. The number of amides is 2. The molecule has 0 fully saturated rings. The van der Waals surface area contributed by atoms with Gasteiger partial charge in [-0.2, -0.15) is 0 Å². The Morgan fingerprint density at radius 1 is 1.07 bits per heavy atom. The predicted octanol–water partition coefficient (Wildman–Crippen LogP) is 1.99. The lowest BCUT2D eigenvalue weighted by Crippen LogP contribution is -2.26. The van der Waals surface area contributed by atoms with E-state index in [1.807, 2.05) is 0 Å². The van der Waals surface area contributed by atoms with Crippen molar-refractivity contribution < 1.29 is 24.0 Å². The van der Waals surface area contributed by atoms with Crippen LogP contribution < -0.4 is 15.4 Å². The molecule has 0 aromatic heterocycles. The number of methoxy groups -OCH3 is 1. The summed E-state index contributed by atoms with van der Waals surface area (Å²) in [4.78, 5) is 33.8. The van der Waals surface area contributed by atoms with Crippen LogP contribution in [-0.4, -0.2) is 43.6 Å². The van der Waals surface area contributed by atoms with Crippen LogP contribution in [0.2, 0.25) is 0 Å². The molecule has 9 nitrogen and oxygen atoms in total. The third-order valence-electron chi connectivity index (χ3n) is 3.44. The Kier molecular flexibility index (Phi) is 7.26. The summed E-state index contributed by atoms with van der Waals surface area (Å²) in [6, 6.07) is 11.8. The normalized spacial score (nSPS) is 10.1. The molecule has 2 amide bonds. The molecule has 27 heavy (non-hydrogen) atoms. The van der Waals surface area contributed by atoms with Gasteiger partial charge in [0.2, 0.25) is 0 Å². The van der Waals surface area contributed by atoms with Gasteiger partial charge in [0.1, 0.15) is 5.75 Å². The molecule has 2 N–H and O–H groups in total. The lowest BCUT2D eigenvalue weighted by atomic mass is 10.2. The van der Waals surface area contributed by atoms with Crippen molar-refractivity contribution in [3.05, 3.63) is 64.2 Å². The zero-order valence-electron chi connectivity index (χ0n) is 14.6. The van der Waals surface area contributed by atoms with Crippen LogP contribution in [0.3, 0.4) is 0 Å². The molecule has 0 bridgehead atoms. The molecule has 9 heteroatoms. The van der Waals surface area contributed by atoms with E-state index in [9.17, 15) is 19.7 Å². The number of carbonyl (C=O) groups is 2. The molecular weight excluding hydrogens is 354 g/mol. The summed E-state index contributed by atoms with van der Waals surface area (Å²) < 4.78 is 10.1. The lowest BCUT2D eigenvalue weighted by molar-refractivity contribution is -0.384. The molecule has 2 rings (SSSR count). The van der Waals surface area contributed by atoms with Gasteiger partial charge < -0.3 is 20.1 Å². The minimum Gasteiger partial charge on any atom is -0.484 e. The van der Waals surface area contributed by atoms with Gasteiger partial charge in [0, 0.05) is 37.0 Å². The van der Waals surface area contributed by atoms with E-state index in [1.54, 1.807) is 31.4 Å². The second-order valence-corrected chi connectivity index (χ2v) is 5.41. The Bertz CT molecular complexity index is 790. The van der Waals surface area contributed by atoms with Crippen LogP contribution >= 0.6 is 0 Å². The maximum absolute atomic E-state index is 11.9. The van der Waals surface area contributed by atoms with Crippen molar-refractivity contribution in [3.63, 3.8) is 0 Å². The van der Waals surface area contributed by atoms with Crippen LogP contribution in [0, 0.1) is 10.1 Å². The van der Waals surface area contributed by atoms with Gasteiger partial charge in [-0.15, -0.1) is 0 Å². The number of hydrogen-bond acceptors (Lipinski definition) is 6. The van der Waals surface area contributed by atoms with E-state index < -0.39 is 10.8 Å².